The summed E-state index contributed by atoms with van der Waals surface area (Å²) < 4.78 is 16.5. The van der Waals surface area contributed by atoms with Gasteiger partial charge in [-0.15, -0.1) is 0 Å². The van der Waals surface area contributed by atoms with E-state index < -0.39 is 31.4 Å². The number of ether oxygens (including phenoxy) is 1. The summed E-state index contributed by atoms with van der Waals surface area (Å²) in [5.41, 5.74) is -1.32. The molecule has 2 radical (unpaired) electrons. The summed E-state index contributed by atoms with van der Waals surface area (Å²) in [7, 11) is 4.30. The Hall–Kier alpha value is 0.0449. The van der Waals surface area contributed by atoms with Crippen molar-refractivity contribution in [2.75, 3.05) is 12.5 Å². The average molecular weight is 247 g/mol. The van der Waals surface area contributed by atoms with Crippen LogP contribution in [0.3, 0.4) is 0 Å². The van der Waals surface area contributed by atoms with Gasteiger partial charge < -0.3 is 14.9 Å². The van der Waals surface area contributed by atoms with Gasteiger partial charge >= 0.3 is 7.80 Å². The van der Waals surface area contributed by atoms with E-state index in [9.17, 15) is 14.8 Å². The lowest BCUT2D eigenvalue weighted by Crippen LogP contribution is -2.42. The molecule has 1 aliphatic carbocycles. The highest BCUT2D eigenvalue weighted by Gasteiger charge is 2.49. The Balaban J connectivity index is 0.00000225. The fourth-order valence-corrected chi connectivity index (χ4v) is 2.18. The van der Waals surface area contributed by atoms with Crippen LogP contribution in [0.5, 0.6) is 0 Å². The van der Waals surface area contributed by atoms with E-state index in [2.05, 4.69) is 0 Å². The lowest BCUT2D eigenvalue weighted by molar-refractivity contribution is -0.0878. The van der Waals surface area contributed by atoms with E-state index in [1.807, 2.05) is 6.92 Å². The normalized spacial score (nSPS) is 39.2. The second kappa shape index (κ2) is 6.11. The van der Waals surface area contributed by atoms with Crippen molar-refractivity contribution < 1.29 is 19.5 Å². The molecule has 0 bridgehead atoms. The van der Waals surface area contributed by atoms with Crippen LogP contribution in [0.1, 0.15) is 27.7 Å². The first-order valence-electron chi connectivity index (χ1n) is 5.09. The first-order chi connectivity index (χ1) is 6.89. The van der Waals surface area contributed by atoms with E-state index >= 15 is 0 Å². The molecule has 1 saturated carbocycles. The van der Waals surface area contributed by atoms with Gasteiger partial charge in [0, 0.05) is 0 Å². The molecule has 0 aromatic heterocycles. The predicted octanol–water partition coefficient (Wildman–Crippen LogP) is 1.29. The molecule has 16 heavy (non-hydrogen) atoms. The molecule has 6 heteroatoms. The van der Waals surface area contributed by atoms with Crippen molar-refractivity contribution in [1.29, 1.82) is 0 Å². The van der Waals surface area contributed by atoms with Crippen molar-refractivity contribution in [3.63, 3.8) is 0 Å². The molecular formula is C10H21BO4P+. The maximum Gasteiger partial charge on any atom is 0.366 e. The number of hydrogen-bond donors (Lipinski definition) is 2. The fraction of sp³-hybridized carbons (Fsp3) is 1.00. The Morgan fingerprint density at radius 3 is 2.56 bits per heavy atom. The zero-order valence-corrected chi connectivity index (χ0v) is 9.98. The van der Waals surface area contributed by atoms with Gasteiger partial charge in [0.15, 0.2) is 0 Å². The molecule has 0 aliphatic heterocycles. The van der Waals surface area contributed by atoms with Crippen molar-refractivity contribution in [2.45, 2.75) is 51.3 Å². The highest BCUT2D eigenvalue weighted by molar-refractivity contribution is 7.44. The molecule has 0 amide bonds. The van der Waals surface area contributed by atoms with E-state index in [-0.39, 0.29) is 13.8 Å². The van der Waals surface area contributed by atoms with Crippen LogP contribution < -0.4 is 0 Å². The maximum atomic E-state index is 11.2. The molecule has 2 N–H and O–H groups in total. The highest BCUT2D eigenvalue weighted by Crippen LogP contribution is 2.40. The number of rotatable bonds is 4. The van der Waals surface area contributed by atoms with Crippen LogP contribution in [0.25, 0.3) is 0 Å². The minimum absolute atomic E-state index is 0. The molecule has 0 aromatic carbocycles. The van der Waals surface area contributed by atoms with Gasteiger partial charge in [0.25, 0.3) is 0 Å². The van der Waals surface area contributed by atoms with Gasteiger partial charge in [-0.05, 0) is 26.1 Å². The smallest absolute Gasteiger partial charge is 0.366 e. The summed E-state index contributed by atoms with van der Waals surface area (Å²) in [6.45, 7) is 3.31. The molecule has 1 rings (SSSR count). The first-order valence-corrected chi connectivity index (χ1v) is 6.72. The Bertz CT molecular complexity index is 247. The zero-order chi connectivity index (χ0) is 11.6. The zero-order valence-electron chi connectivity index (χ0n) is 9.09. The summed E-state index contributed by atoms with van der Waals surface area (Å²) in [5.74, 6) is -0.503. The van der Waals surface area contributed by atoms with Gasteiger partial charge in [-0.1, -0.05) is 12.0 Å². The lowest BCUT2D eigenvalue weighted by Gasteiger charge is -2.26. The largest absolute Gasteiger partial charge is 0.388 e. The summed E-state index contributed by atoms with van der Waals surface area (Å²) in [5, 5.41) is 19.5. The van der Waals surface area contributed by atoms with Crippen LogP contribution in [0, 0.1) is 0 Å². The maximum absolute atomic E-state index is 11.2. The van der Waals surface area contributed by atoms with Crippen LogP contribution in [-0.2, 0) is 9.30 Å². The van der Waals surface area contributed by atoms with Crippen molar-refractivity contribution in [2.24, 2.45) is 0 Å². The average Bonchev–Trinajstić information content (AvgIpc) is 2.38. The van der Waals surface area contributed by atoms with Gasteiger partial charge in [-0.25, -0.2) is 0 Å². The van der Waals surface area contributed by atoms with E-state index in [1.54, 1.807) is 0 Å². The van der Waals surface area contributed by atoms with E-state index in [4.69, 9.17) is 12.6 Å². The number of aliphatic hydroxyl groups is 2. The Morgan fingerprint density at radius 2 is 2.19 bits per heavy atom. The van der Waals surface area contributed by atoms with Crippen LogP contribution in [-0.4, -0.2) is 48.4 Å². The Morgan fingerprint density at radius 1 is 1.62 bits per heavy atom. The summed E-state index contributed by atoms with van der Waals surface area (Å²) in [6.07, 6.45) is -0.453. The molecule has 0 spiro atoms. The predicted molar refractivity (Wildman–Crippen MR) is 65.4 cm³/mol. The second-order valence-electron chi connectivity index (χ2n) is 4.15. The first kappa shape index (κ1) is 16.0. The van der Waals surface area contributed by atoms with Crippen LogP contribution in [0.15, 0.2) is 0 Å². The topological polar surface area (TPSA) is 66.8 Å². The van der Waals surface area contributed by atoms with Gasteiger partial charge in [-0.3, -0.25) is 0 Å². The monoisotopic (exact) mass is 247 g/mol. The standard InChI is InChI=1S/C9H17BO4P.CH4/c1-3-15(13)5-14-6-4-7(10)9(2,12)8(6)11;/h6-8,11-12H,3-5H2,1-2H3;1H4/q+1;. The highest BCUT2D eigenvalue weighted by atomic mass is 31.1. The summed E-state index contributed by atoms with van der Waals surface area (Å²) >= 11 is 0. The van der Waals surface area contributed by atoms with Crippen molar-refractivity contribution in [3.05, 3.63) is 0 Å². The molecule has 0 saturated heterocycles. The van der Waals surface area contributed by atoms with Gasteiger partial charge in [0.2, 0.25) is 6.35 Å². The molecule has 0 heterocycles. The van der Waals surface area contributed by atoms with E-state index in [1.165, 1.54) is 6.92 Å². The molecule has 4 nitrogen and oxygen atoms in total. The van der Waals surface area contributed by atoms with E-state index in [0.29, 0.717) is 12.6 Å². The van der Waals surface area contributed by atoms with Gasteiger partial charge in [0.05, 0.1) is 19.6 Å². The second-order valence-corrected chi connectivity index (χ2v) is 6.00. The lowest BCUT2D eigenvalue weighted by atomic mass is 9.76. The summed E-state index contributed by atoms with van der Waals surface area (Å²) in [6, 6.07) is 0. The SMILES string of the molecule is C.[B]C1CC(OC[P+](=O)CC)C(O)C1(C)O. The van der Waals surface area contributed by atoms with Crippen LogP contribution in [0.4, 0.5) is 0 Å². The van der Waals surface area contributed by atoms with Gasteiger partial charge in [-0.2, -0.15) is 0 Å². The minimum atomic E-state index is -1.36. The molecule has 92 valence electrons. The quantitative estimate of drug-likeness (QED) is 0.580. The third-order valence-corrected chi connectivity index (χ3v) is 4.12. The van der Waals surface area contributed by atoms with Crippen molar-refractivity contribution in [3.8, 4) is 0 Å². The van der Waals surface area contributed by atoms with Crippen LogP contribution >= 0.6 is 7.80 Å². The molecule has 5 unspecified atom stereocenters. The molecule has 5 atom stereocenters. The Labute approximate surface area is 99.6 Å². The van der Waals surface area contributed by atoms with Crippen LogP contribution in [0.2, 0.25) is 5.82 Å². The third kappa shape index (κ3) is 3.27. The van der Waals surface area contributed by atoms with Crippen molar-refractivity contribution in [1.82, 2.24) is 0 Å². The minimum Gasteiger partial charge on any atom is -0.388 e. The molecule has 1 aliphatic rings. The van der Waals surface area contributed by atoms with Crippen molar-refractivity contribution >= 4 is 15.6 Å². The number of aliphatic hydroxyl groups excluding tert-OH is 1. The molecule has 0 aromatic rings. The molecule has 1 fully saturated rings. The Kier molecular flexibility index (Phi) is 6.12. The summed E-state index contributed by atoms with van der Waals surface area (Å²) in [4.78, 5) is 0. The number of hydrogen-bond acceptors (Lipinski definition) is 4. The fourth-order valence-electron chi connectivity index (χ4n) is 1.64. The molecular weight excluding hydrogens is 226 g/mol. The van der Waals surface area contributed by atoms with E-state index in [0.717, 1.165) is 0 Å². The van der Waals surface area contributed by atoms with Gasteiger partial charge in [0.1, 0.15) is 12.3 Å². The third-order valence-electron chi connectivity index (χ3n) is 2.97.